The van der Waals surface area contributed by atoms with Crippen LogP contribution in [0.1, 0.15) is 29.8 Å². The van der Waals surface area contributed by atoms with Gasteiger partial charge in [0.15, 0.2) is 0 Å². The van der Waals surface area contributed by atoms with Gasteiger partial charge in [0.1, 0.15) is 0 Å². The molecular weight excluding hydrogens is 212 g/mol. The molecule has 0 radical (unpaired) electrons. The first-order valence-electron chi connectivity index (χ1n) is 6.49. The quantitative estimate of drug-likeness (QED) is 0.754. The Morgan fingerprint density at radius 3 is 2.65 bits per heavy atom. The fraction of sp³-hybridized carbons (Fsp3) is 0.769. The summed E-state index contributed by atoms with van der Waals surface area (Å²) in [6.45, 7) is 7.35. The molecule has 0 bridgehead atoms. The maximum absolute atomic E-state index is 4.43. The lowest BCUT2D eigenvalue weighted by Crippen LogP contribution is -2.30. The molecule has 1 aliphatic rings. The van der Waals surface area contributed by atoms with Crippen LogP contribution in [0.2, 0.25) is 0 Å². The molecule has 17 heavy (non-hydrogen) atoms. The number of aryl methyl sites for hydroxylation is 2. The van der Waals surface area contributed by atoms with E-state index in [0.717, 1.165) is 31.4 Å². The summed E-state index contributed by atoms with van der Waals surface area (Å²) >= 11 is 0. The zero-order valence-electron chi connectivity index (χ0n) is 11.5. The van der Waals surface area contributed by atoms with Crippen LogP contribution in [0.15, 0.2) is 0 Å². The van der Waals surface area contributed by atoms with Gasteiger partial charge in [0.2, 0.25) is 0 Å². The van der Waals surface area contributed by atoms with Crippen molar-refractivity contribution in [3.8, 4) is 0 Å². The van der Waals surface area contributed by atoms with Crippen molar-refractivity contribution >= 4 is 0 Å². The first kappa shape index (κ1) is 12.6. The highest BCUT2D eigenvalue weighted by molar-refractivity contribution is 5.23. The highest BCUT2D eigenvalue weighted by Crippen LogP contribution is 2.24. The lowest BCUT2D eigenvalue weighted by molar-refractivity contribution is 0.321. The number of hydrogen-bond donors (Lipinski definition) is 1. The number of nitrogens with one attached hydrogen (secondary N) is 1. The summed E-state index contributed by atoms with van der Waals surface area (Å²) in [5.41, 5.74) is 3.76. The first-order valence-corrected chi connectivity index (χ1v) is 6.49. The topological polar surface area (TPSA) is 33.1 Å². The summed E-state index contributed by atoms with van der Waals surface area (Å²) in [5, 5.41) is 7.94. The Balaban J connectivity index is 1.73. The zero-order valence-corrected chi connectivity index (χ0v) is 11.5. The molecule has 0 spiro atoms. The summed E-state index contributed by atoms with van der Waals surface area (Å²) in [7, 11) is 4.23. The normalized spacial score (nSPS) is 15.8. The van der Waals surface area contributed by atoms with Crippen molar-refractivity contribution in [1.29, 1.82) is 0 Å². The molecular formula is C13H24N4. The molecule has 4 heteroatoms. The van der Waals surface area contributed by atoms with Gasteiger partial charge in [-0.3, -0.25) is 4.68 Å². The van der Waals surface area contributed by atoms with Gasteiger partial charge in [-0.05, 0) is 33.7 Å². The molecule has 0 saturated heterocycles. The fourth-order valence-corrected chi connectivity index (χ4v) is 2.24. The van der Waals surface area contributed by atoms with E-state index < -0.39 is 0 Å². The van der Waals surface area contributed by atoms with E-state index in [1.165, 1.54) is 24.1 Å². The van der Waals surface area contributed by atoms with Gasteiger partial charge < -0.3 is 10.2 Å². The second-order valence-corrected chi connectivity index (χ2v) is 5.16. The van der Waals surface area contributed by atoms with Gasteiger partial charge in [0.25, 0.3) is 0 Å². The molecule has 4 nitrogen and oxygen atoms in total. The standard InChI is InChI=1S/C13H24N4/c1-10-13(11(2)17(4)15-10)9-14-7-8-16(3)12-5-6-12/h12,14H,5-9H2,1-4H3. The van der Waals surface area contributed by atoms with Crippen molar-refractivity contribution in [2.24, 2.45) is 7.05 Å². The van der Waals surface area contributed by atoms with Gasteiger partial charge in [-0.15, -0.1) is 0 Å². The van der Waals surface area contributed by atoms with E-state index in [1.807, 2.05) is 11.7 Å². The second kappa shape index (κ2) is 5.19. The van der Waals surface area contributed by atoms with Crippen LogP contribution in [0.4, 0.5) is 0 Å². The molecule has 0 unspecified atom stereocenters. The third-order valence-corrected chi connectivity index (χ3v) is 3.77. The highest BCUT2D eigenvalue weighted by atomic mass is 15.3. The largest absolute Gasteiger partial charge is 0.311 e. The average molecular weight is 236 g/mol. The van der Waals surface area contributed by atoms with Crippen LogP contribution >= 0.6 is 0 Å². The van der Waals surface area contributed by atoms with Crippen molar-refractivity contribution < 1.29 is 0 Å². The Kier molecular flexibility index (Phi) is 3.84. The molecule has 1 N–H and O–H groups in total. The lowest BCUT2D eigenvalue weighted by Gasteiger charge is -2.15. The summed E-state index contributed by atoms with van der Waals surface area (Å²) < 4.78 is 1.96. The predicted octanol–water partition coefficient (Wildman–Crippen LogP) is 1.22. The van der Waals surface area contributed by atoms with Crippen molar-refractivity contribution in [2.45, 2.75) is 39.3 Å². The zero-order chi connectivity index (χ0) is 12.4. The Morgan fingerprint density at radius 2 is 2.12 bits per heavy atom. The molecule has 0 aliphatic heterocycles. The summed E-state index contributed by atoms with van der Waals surface area (Å²) in [4.78, 5) is 2.45. The monoisotopic (exact) mass is 236 g/mol. The molecule has 0 amide bonds. The number of hydrogen-bond acceptors (Lipinski definition) is 3. The van der Waals surface area contributed by atoms with Gasteiger partial charge in [-0.2, -0.15) is 5.10 Å². The Morgan fingerprint density at radius 1 is 1.41 bits per heavy atom. The van der Waals surface area contributed by atoms with Crippen LogP contribution in [0.5, 0.6) is 0 Å². The number of aromatic nitrogens is 2. The van der Waals surface area contributed by atoms with Gasteiger partial charge in [-0.1, -0.05) is 0 Å². The van der Waals surface area contributed by atoms with Gasteiger partial charge >= 0.3 is 0 Å². The molecule has 96 valence electrons. The van der Waals surface area contributed by atoms with E-state index in [-0.39, 0.29) is 0 Å². The molecule has 1 heterocycles. The van der Waals surface area contributed by atoms with Crippen LogP contribution in [-0.2, 0) is 13.6 Å². The van der Waals surface area contributed by atoms with Crippen molar-refractivity contribution in [3.05, 3.63) is 17.0 Å². The third-order valence-electron chi connectivity index (χ3n) is 3.77. The predicted molar refractivity (Wildman–Crippen MR) is 70.0 cm³/mol. The minimum Gasteiger partial charge on any atom is -0.311 e. The number of rotatable bonds is 6. The number of likely N-dealkylation sites (N-methyl/N-ethyl adjacent to an activating group) is 1. The van der Waals surface area contributed by atoms with Crippen LogP contribution < -0.4 is 5.32 Å². The Bertz CT molecular complexity index is 379. The van der Waals surface area contributed by atoms with E-state index in [1.54, 1.807) is 0 Å². The molecule has 1 aromatic rings. The summed E-state index contributed by atoms with van der Waals surface area (Å²) in [6.07, 6.45) is 2.77. The maximum atomic E-state index is 4.43. The van der Waals surface area contributed by atoms with E-state index >= 15 is 0 Å². The van der Waals surface area contributed by atoms with Crippen molar-refractivity contribution in [2.75, 3.05) is 20.1 Å². The number of nitrogens with zero attached hydrogens (tertiary/aromatic N) is 3. The first-order chi connectivity index (χ1) is 8.09. The fourth-order valence-electron chi connectivity index (χ4n) is 2.24. The second-order valence-electron chi connectivity index (χ2n) is 5.16. The van der Waals surface area contributed by atoms with E-state index in [9.17, 15) is 0 Å². The van der Waals surface area contributed by atoms with Crippen LogP contribution in [-0.4, -0.2) is 40.9 Å². The summed E-state index contributed by atoms with van der Waals surface area (Å²) in [6, 6.07) is 0.860. The van der Waals surface area contributed by atoms with Crippen molar-refractivity contribution in [3.63, 3.8) is 0 Å². The average Bonchev–Trinajstić information content (AvgIpc) is 3.08. The highest BCUT2D eigenvalue weighted by Gasteiger charge is 2.25. The van der Waals surface area contributed by atoms with E-state index in [4.69, 9.17) is 0 Å². The molecule has 0 aromatic carbocycles. The van der Waals surface area contributed by atoms with Gasteiger partial charge in [-0.25, -0.2) is 0 Å². The van der Waals surface area contributed by atoms with Gasteiger partial charge in [0.05, 0.1) is 5.69 Å². The SMILES string of the molecule is Cc1nn(C)c(C)c1CNCCN(C)C1CC1. The molecule has 1 aliphatic carbocycles. The smallest absolute Gasteiger partial charge is 0.0641 e. The van der Waals surface area contributed by atoms with Crippen LogP contribution in [0.25, 0.3) is 0 Å². The van der Waals surface area contributed by atoms with Gasteiger partial charge in [0, 0.05) is 44.0 Å². The molecule has 1 fully saturated rings. The molecule has 1 aromatic heterocycles. The Hall–Kier alpha value is -0.870. The van der Waals surface area contributed by atoms with Crippen LogP contribution in [0, 0.1) is 13.8 Å². The van der Waals surface area contributed by atoms with E-state index in [0.29, 0.717) is 0 Å². The van der Waals surface area contributed by atoms with E-state index in [2.05, 4.69) is 36.2 Å². The Labute approximate surface area is 104 Å². The lowest BCUT2D eigenvalue weighted by atomic mass is 10.2. The maximum Gasteiger partial charge on any atom is 0.0641 e. The van der Waals surface area contributed by atoms with Crippen molar-refractivity contribution in [1.82, 2.24) is 20.0 Å². The van der Waals surface area contributed by atoms with Crippen LogP contribution in [0.3, 0.4) is 0 Å². The minimum atomic E-state index is 0.860. The molecule has 2 rings (SSSR count). The molecule has 1 saturated carbocycles. The molecule has 0 atom stereocenters. The summed E-state index contributed by atoms with van der Waals surface area (Å²) in [5.74, 6) is 0. The third kappa shape index (κ3) is 3.07. The minimum absolute atomic E-state index is 0.860.